The van der Waals surface area contributed by atoms with Gasteiger partial charge in [0.05, 0.1) is 18.0 Å². The average molecular weight is 356 g/mol. The molecule has 2 rings (SSSR count). The molecule has 0 spiro atoms. The Balaban J connectivity index is 1.87. The van der Waals surface area contributed by atoms with E-state index in [9.17, 15) is 4.79 Å². The molecule has 1 amide bonds. The van der Waals surface area contributed by atoms with Crippen molar-refractivity contribution in [3.05, 3.63) is 24.3 Å². The number of carbonyl (C=O) groups excluding carboxylic acids is 1. The summed E-state index contributed by atoms with van der Waals surface area (Å²) in [6.07, 6.45) is 0. The number of para-hydroxylation sites is 2. The summed E-state index contributed by atoms with van der Waals surface area (Å²) in [7, 11) is 0. The van der Waals surface area contributed by atoms with Gasteiger partial charge in [0, 0.05) is 0 Å². The van der Waals surface area contributed by atoms with Crippen molar-refractivity contribution in [1.82, 2.24) is 10.2 Å². The van der Waals surface area contributed by atoms with Gasteiger partial charge in [-0.25, -0.2) is 0 Å². The number of hydrogen-bond acceptors (Lipinski definition) is 7. The Morgan fingerprint density at radius 2 is 1.95 bits per heavy atom. The second kappa shape index (κ2) is 9.02. The predicted octanol–water partition coefficient (Wildman–Crippen LogP) is 3.78. The maximum Gasteiger partial charge on any atom is 0.234 e. The number of aromatic nitrogens is 2. The molecule has 5 nitrogen and oxygen atoms in total. The summed E-state index contributed by atoms with van der Waals surface area (Å²) in [4.78, 5) is 12.0. The van der Waals surface area contributed by atoms with Crippen LogP contribution in [0.25, 0.3) is 0 Å². The van der Waals surface area contributed by atoms with Gasteiger partial charge in [0.1, 0.15) is 5.75 Å². The number of ether oxygens (including phenoxy) is 1. The predicted molar refractivity (Wildman–Crippen MR) is 93.3 cm³/mol. The maximum absolute atomic E-state index is 12.0. The maximum atomic E-state index is 12.0. The lowest BCUT2D eigenvalue weighted by Gasteiger charge is -2.10. The van der Waals surface area contributed by atoms with E-state index in [1.807, 2.05) is 31.2 Å². The molecule has 2 aromatic rings. The van der Waals surface area contributed by atoms with E-state index in [2.05, 4.69) is 22.4 Å². The number of anilines is 1. The number of benzene rings is 1. The summed E-state index contributed by atoms with van der Waals surface area (Å²) in [6, 6.07) is 7.41. The van der Waals surface area contributed by atoms with Crippen LogP contribution in [0.4, 0.5) is 5.69 Å². The molecule has 0 unspecified atom stereocenters. The molecule has 0 saturated heterocycles. The number of nitrogens with zero attached hydrogens (tertiary/aromatic N) is 2. The molecule has 0 radical (unpaired) electrons. The Labute approximate surface area is 142 Å². The molecule has 1 heterocycles. The number of thioether (sulfide) groups is 2. The molecule has 1 N–H and O–H groups in total. The minimum Gasteiger partial charge on any atom is -0.492 e. The molecule has 0 bridgehead atoms. The summed E-state index contributed by atoms with van der Waals surface area (Å²) in [5.41, 5.74) is 0.689. The van der Waals surface area contributed by atoms with Gasteiger partial charge in [0.25, 0.3) is 0 Å². The summed E-state index contributed by atoms with van der Waals surface area (Å²) < 4.78 is 7.23. The summed E-state index contributed by atoms with van der Waals surface area (Å²) in [5.74, 6) is 1.86. The van der Waals surface area contributed by atoms with E-state index in [1.165, 1.54) is 23.1 Å². The first-order valence-corrected chi connectivity index (χ1v) is 9.62. The van der Waals surface area contributed by atoms with Crippen LogP contribution >= 0.6 is 34.9 Å². The number of hydrogen-bond donors (Lipinski definition) is 1. The molecule has 1 aromatic carbocycles. The molecular weight excluding hydrogens is 338 g/mol. The second-order valence-corrected chi connectivity index (χ2v) is 7.74. The van der Waals surface area contributed by atoms with Crippen LogP contribution in [0.1, 0.15) is 13.8 Å². The number of amides is 1. The van der Waals surface area contributed by atoms with Gasteiger partial charge >= 0.3 is 0 Å². The molecule has 0 fully saturated rings. The minimum atomic E-state index is -0.0861. The molecule has 0 aliphatic rings. The SMILES string of the molecule is CCOc1ccccc1NC(=O)CSc1nnc(SCC)s1. The fourth-order valence-corrected chi connectivity index (χ4v) is 4.32. The van der Waals surface area contributed by atoms with Gasteiger partial charge in [-0.2, -0.15) is 0 Å². The molecule has 1 aromatic heterocycles. The van der Waals surface area contributed by atoms with Crippen molar-refractivity contribution in [3.63, 3.8) is 0 Å². The van der Waals surface area contributed by atoms with Crippen molar-refractivity contribution in [1.29, 1.82) is 0 Å². The Morgan fingerprint density at radius 1 is 1.23 bits per heavy atom. The van der Waals surface area contributed by atoms with Crippen LogP contribution < -0.4 is 10.1 Å². The summed E-state index contributed by atoms with van der Waals surface area (Å²) in [6.45, 7) is 4.54. The van der Waals surface area contributed by atoms with E-state index in [-0.39, 0.29) is 5.91 Å². The van der Waals surface area contributed by atoms with Crippen molar-refractivity contribution >= 4 is 46.5 Å². The van der Waals surface area contributed by atoms with Gasteiger partial charge < -0.3 is 10.1 Å². The largest absolute Gasteiger partial charge is 0.492 e. The topological polar surface area (TPSA) is 64.1 Å². The van der Waals surface area contributed by atoms with Gasteiger partial charge in [-0.05, 0) is 24.8 Å². The van der Waals surface area contributed by atoms with E-state index < -0.39 is 0 Å². The Hall–Kier alpha value is -1.25. The molecule has 0 saturated carbocycles. The van der Waals surface area contributed by atoms with Gasteiger partial charge in [-0.1, -0.05) is 53.9 Å². The third-order valence-corrected chi connectivity index (χ3v) is 5.52. The van der Waals surface area contributed by atoms with Gasteiger partial charge in [0.2, 0.25) is 5.91 Å². The molecule has 8 heteroatoms. The molecular formula is C14H17N3O2S3. The van der Waals surface area contributed by atoms with Crippen molar-refractivity contribution in [2.75, 3.05) is 23.4 Å². The van der Waals surface area contributed by atoms with Crippen LogP contribution in [-0.2, 0) is 4.79 Å². The lowest BCUT2D eigenvalue weighted by atomic mass is 10.3. The normalized spacial score (nSPS) is 10.5. The number of nitrogens with one attached hydrogen (secondary N) is 1. The second-order valence-electron chi connectivity index (χ2n) is 4.03. The van der Waals surface area contributed by atoms with Crippen LogP contribution in [-0.4, -0.2) is 34.2 Å². The highest BCUT2D eigenvalue weighted by Gasteiger charge is 2.10. The lowest BCUT2D eigenvalue weighted by Crippen LogP contribution is -2.14. The van der Waals surface area contributed by atoms with Crippen LogP contribution in [0, 0.1) is 0 Å². The summed E-state index contributed by atoms with van der Waals surface area (Å²) >= 11 is 4.56. The molecule has 0 aliphatic heterocycles. The van der Waals surface area contributed by atoms with Crippen LogP contribution in [0.5, 0.6) is 5.75 Å². The molecule has 0 atom stereocenters. The zero-order valence-corrected chi connectivity index (χ0v) is 14.8. The number of carbonyl (C=O) groups is 1. The molecule has 0 aliphatic carbocycles. The lowest BCUT2D eigenvalue weighted by molar-refractivity contribution is -0.113. The van der Waals surface area contributed by atoms with E-state index >= 15 is 0 Å². The van der Waals surface area contributed by atoms with Crippen LogP contribution in [0.15, 0.2) is 32.9 Å². The number of rotatable bonds is 8. The first-order valence-electron chi connectivity index (χ1n) is 6.83. The van der Waals surface area contributed by atoms with Gasteiger partial charge in [0.15, 0.2) is 8.68 Å². The van der Waals surface area contributed by atoms with Crippen LogP contribution in [0.3, 0.4) is 0 Å². The highest BCUT2D eigenvalue weighted by Crippen LogP contribution is 2.29. The van der Waals surface area contributed by atoms with Crippen molar-refractivity contribution in [3.8, 4) is 5.75 Å². The van der Waals surface area contributed by atoms with Crippen molar-refractivity contribution < 1.29 is 9.53 Å². The zero-order valence-electron chi connectivity index (χ0n) is 12.4. The average Bonchev–Trinajstić information content (AvgIpc) is 2.96. The van der Waals surface area contributed by atoms with E-state index in [4.69, 9.17) is 4.74 Å². The summed E-state index contributed by atoms with van der Waals surface area (Å²) in [5, 5.41) is 11.0. The monoisotopic (exact) mass is 355 g/mol. The fraction of sp³-hybridized carbons (Fsp3) is 0.357. The zero-order chi connectivity index (χ0) is 15.8. The third kappa shape index (κ3) is 5.19. The highest BCUT2D eigenvalue weighted by atomic mass is 32.2. The molecule has 22 heavy (non-hydrogen) atoms. The van der Waals surface area contributed by atoms with Gasteiger partial charge in [-0.3, -0.25) is 4.79 Å². The van der Waals surface area contributed by atoms with Gasteiger partial charge in [-0.15, -0.1) is 10.2 Å². The Kier molecular flexibility index (Phi) is 7.01. The Bertz CT molecular complexity index is 619. The first kappa shape index (κ1) is 17.1. The van der Waals surface area contributed by atoms with Crippen molar-refractivity contribution in [2.45, 2.75) is 22.5 Å². The quantitative estimate of drug-likeness (QED) is 0.727. The Morgan fingerprint density at radius 3 is 2.68 bits per heavy atom. The standard InChI is InChI=1S/C14H17N3O2S3/c1-3-19-11-8-6-5-7-10(11)15-12(18)9-21-14-17-16-13(22-14)20-4-2/h5-8H,3-4,9H2,1-2H3,(H,15,18). The smallest absolute Gasteiger partial charge is 0.234 e. The first-order chi connectivity index (χ1) is 10.7. The van der Waals surface area contributed by atoms with E-state index in [0.29, 0.717) is 23.8 Å². The third-order valence-electron chi connectivity index (χ3n) is 2.44. The minimum absolute atomic E-state index is 0.0861. The van der Waals surface area contributed by atoms with E-state index in [1.54, 1.807) is 11.8 Å². The molecule has 118 valence electrons. The fourth-order valence-electron chi connectivity index (χ4n) is 1.60. The highest BCUT2D eigenvalue weighted by molar-refractivity contribution is 8.03. The van der Waals surface area contributed by atoms with E-state index in [0.717, 1.165) is 14.4 Å². The van der Waals surface area contributed by atoms with Crippen LogP contribution in [0.2, 0.25) is 0 Å². The van der Waals surface area contributed by atoms with Crippen molar-refractivity contribution in [2.24, 2.45) is 0 Å².